The van der Waals surface area contributed by atoms with E-state index in [-0.39, 0.29) is 5.82 Å². The lowest BCUT2D eigenvalue weighted by molar-refractivity contribution is -0.0272. The van der Waals surface area contributed by atoms with Crippen LogP contribution in [-0.4, -0.2) is 34.7 Å². The highest BCUT2D eigenvalue weighted by atomic mass is 19.1. The van der Waals surface area contributed by atoms with Gasteiger partial charge in [0.2, 0.25) is 0 Å². The molecule has 3 heteroatoms. The summed E-state index contributed by atoms with van der Waals surface area (Å²) in [6.45, 7) is 8.16. The van der Waals surface area contributed by atoms with E-state index in [0.717, 1.165) is 37.1 Å². The van der Waals surface area contributed by atoms with Gasteiger partial charge in [0.1, 0.15) is 5.82 Å². The lowest BCUT2D eigenvalue weighted by Crippen LogP contribution is -2.47. The van der Waals surface area contributed by atoms with Crippen LogP contribution in [0.2, 0.25) is 0 Å². The Balaban J connectivity index is 2.03. The third-order valence-corrected chi connectivity index (χ3v) is 4.28. The molecule has 1 fully saturated rings. The molecule has 1 saturated heterocycles. The average Bonchev–Trinajstić information content (AvgIpc) is 2.33. The molecule has 1 aromatic rings. The minimum atomic E-state index is -0.631. The van der Waals surface area contributed by atoms with Crippen molar-refractivity contribution in [1.29, 1.82) is 0 Å². The van der Waals surface area contributed by atoms with Gasteiger partial charge in [-0.25, -0.2) is 4.39 Å². The molecule has 0 spiro atoms. The number of hydrogen-bond donors (Lipinski definition) is 1. The fourth-order valence-electron chi connectivity index (χ4n) is 2.85. The maximum absolute atomic E-state index is 13.1. The second kappa shape index (κ2) is 5.59. The highest BCUT2D eigenvalue weighted by molar-refractivity contribution is 5.28. The van der Waals surface area contributed by atoms with Crippen molar-refractivity contribution in [3.63, 3.8) is 0 Å². The molecule has 19 heavy (non-hydrogen) atoms. The molecule has 0 saturated carbocycles. The van der Waals surface area contributed by atoms with Gasteiger partial charge >= 0.3 is 0 Å². The average molecular weight is 265 g/mol. The molecule has 0 bridgehead atoms. The maximum Gasteiger partial charge on any atom is 0.123 e. The van der Waals surface area contributed by atoms with Crippen LogP contribution >= 0.6 is 0 Å². The fraction of sp³-hybridized carbons (Fsp3) is 0.625. The predicted molar refractivity (Wildman–Crippen MR) is 75.7 cm³/mol. The van der Waals surface area contributed by atoms with Crippen molar-refractivity contribution in [3.05, 3.63) is 35.1 Å². The summed E-state index contributed by atoms with van der Waals surface area (Å²) in [6.07, 6.45) is 2.22. The highest BCUT2D eigenvalue weighted by Crippen LogP contribution is 2.28. The minimum Gasteiger partial charge on any atom is -0.389 e. The molecular formula is C16H24FNO. The lowest BCUT2D eigenvalue weighted by Gasteiger charge is -2.40. The largest absolute Gasteiger partial charge is 0.389 e. The van der Waals surface area contributed by atoms with E-state index in [1.54, 1.807) is 12.1 Å². The number of piperidine rings is 1. The quantitative estimate of drug-likeness (QED) is 0.908. The van der Waals surface area contributed by atoms with Crippen LogP contribution in [0.3, 0.4) is 0 Å². The number of likely N-dealkylation sites (tertiary alicyclic amines) is 1. The van der Waals surface area contributed by atoms with Crippen LogP contribution in [0, 0.1) is 12.7 Å². The Morgan fingerprint density at radius 1 is 1.32 bits per heavy atom. The van der Waals surface area contributed by atoms with E-state index in [4.69, 9.17) is 0 Å². The number of rotatable bonds is 3. The monoisotopic (exact) mass is 265 g/mol. The van der Waals surface area contributed by atoms with Gasteiger partial charge in [-0.1, -0.05) is 6.07 Å². The van der Waals surface area contributed by atoms with Crippen LogP contribution in [0.25, 0.3) is 0 Å². The molecule has 0 aromatic heterocycles. The number of aliphatic hydroxyl groups is 1. The molecule has 0 amide bonds. The normalized spacial score (nSPS) is 19.9. The van der Waals surface area contributed by atoms with E-state index in [9.17, 15) is 9.50 Å². The molecular weight excluding hydrogens is 241 g/mol. The number of halogens is 1. The summed E-state index contributed by atoms with van der Waals surface area (Å²) in [7, 11) is 0. The Labute approximate surface area is 115 Å². The Hall–Kier alpha value is -0.930. The number of hydrogen-bond acceptors (Lipinski definition) is 2. The molecule has 1 heterocycles. The molecule has 106 valence electrons. The zero-order chi connectivity index (χ0) is 14.0. The number of nitrogens with zero attached hydrogens (tertiary/aromatic N) is 1. The SMILES string of the molecule is Cc1cc(F)ccc1CC1(O)CCN(C(C)C)CC1. The molecule has 0 unspecified atom stereocenters. The Morgan fingerprint density at radius 2 is 1.95 bits per heavy atom. The van der Waals surface area contributed by atoms with Gasteiger partial charge < -0.3 is 10.0 Å². The summed E-state index contributed by atoms with van der Waals surface area (Å²) < 4.78 is 13.1. The van der Waals surface area contributed by atoms with Gasteiger partial charge in [0.25, 0.3) is 0 Å². The molecule has 1 N–H and O–H groups in total. The van der Waals surface area contributed by atoms with E-state index < -0.39 is 5.60 Å². The summed E-state index contributed by atoms with van der Waals surface area (Å²) in [5.41, 5.74) is 1.36. The second-order valence-corrected chi connectivity index (χ2v) is 6.10. The molecule has 1 aromatic carbocycles. The van der Waals surface area contributed by atoms with Crippen LogP contribution in [-0.2, 0) is 6.42 Å². The van der Waals surface area contributed by atoms with Gasteiger partial charge in [0.15, 0.2) is 0 Å². The molecule has 2 rings (SSSR count). The lowest BCUT2D eigenvalue weighted by atomic mass is 9.84. The zero-order valence-electron chi connectivity index (χ0n) is 12.1. The number of benzene rings is 1. The standard InChI is InChI=1S/C16H24FNO/c1-12(2)18-8-6-16(19,7-9-18)11-14-4-5-15(17)10-13(14)3/h4-5,10,12,19H,6-9,11H2,1-3H3. The summed E-state index contributed by atoms with van der Waals surface area (Å²) >= 11 is 0. The second-order valence-electron chi connectivity index (χ2n) is 6.10. The first-order chi connectivity index (χ1) is 8.89. The first-order valence-electron chi connectivity index (χ1n) is 7.11. The third-order valence-electron chi connectivity index (χ3n) is 4.28. The molecule has 2 nitrogen and oxygen atoms in total. The van der Waals surface area contributed by atoms with Crippen molar-refractivity contribution < 1.29 is 9.50 Å². The van der Waals surface area contributed by atoms with Gasteiger partial charge in [-0.3, -0.25) is 0 Å². The fourth-order valence-corrected chi connectivity index (χ4v) is 2.85. The number of aryl methyl sites for hydroxylation is 1. The minimum absolute atomic E-state index is 0.206. The van der Waals surface area contributed by atoms with Crippen molar-refractivity contribution >= 4 is 0 Å². The van der Waals surface area contributed by atoms with Crippen molar-refractivity contribution in [2.45, 2.75) is 51.7 Å². The van der Waals surface area contributed by atoms with E-state index in [0.29, 0.717) is 12.5 Å². The molecule has 0 atom stereocenters. The topological polar surface area (TPSA) is 23.5 Å². The third kappa shape index (κ3) is 3.54. The summed E-state index contributed by atoms with van der Waals surface area (Å²) in [6, 6.07) is 5.37. The van der Waals surface area contributed by atoms with Crippen molar-refractivity contribution in [1.82, 2.24) is 4.90 Å². The van der Waals surface area contributed by atoms with Crippen LogP contribution in [0.15, 0.2) is 18.2 Å². The predicted octanol–water partition coefficient (Wildman–Crippen LogP) is 2.91. The molecule has 0 radical (unpaired) electrons. The maximum atomic E-state index is 13.1. The van der Waals surface area contributed by atoms with Gasteiger partial charge in [-0.05, 0) is 56.9 Å². The van der Waals surface area contributed by atoms with Crippen molar-refractivity contribution in [2.24, 2.45) is 0 Å². The molecule has 1 aliphatic heterocycles. The van der Waals surface area contributed by atoms with Crippen LogP contribution in [0.5, 0.6) is 0 Å². The van der Waals surface area contributed by atoms with Gasteiger partial charge in [0.05, 0.1) is 5.60 Å². The first-order valence-corrected chi connectivity index (χ1v) is 7.11. The molecule has 1 aliphatic rings. The zero-order valence-corrected chi connectivity index (χ0v) is 12.1. The Bertz CT molecular complexity index is 436. The van der Waals surface area contributed by atoms with Crippen LogP contribution in [0.1, 0.15) is 37.8 Å². The van der Waals surface area contributed by atoms with E-state index >= 15 is 0 Å². The highest BCUT2D eigenvalue weighted by Gasteiger charge is 2.33. The van der Waals surface area contributed by atoms with Crippen LogP contribution in [0.4, 0.5) is 4.39 Å². The van der Waals surface area contributed by atoms with E-state index in [1.165, 1.54) is 6.07 Å². The van der Waals surface area contributed by atoms with Gasteiger partial charge in [-0.15, -0.1) is 0 Å². The summed E-state index contributed by atoms with van der Waals surface area (Å²) in [5.74, 6) is -0.206. The van der Waals surface area contributed by atoms with Crippen molar-refractivity contribution in [2.75, 3.05) is 13.1 Å². The van der Waals surface area contributed by atoms with Gasteiger partial charge in [-0.2, -0.15) is 0 Å². The van der Waals surface area contributed by atoms with E-state index in [1.807, 2.05) is 6.92 Å². The van der Waals surface area contributed by atoms with Crippen LogP contribution < -0.4 is 0 Å². The van der Waals surface area contributed by atoms with E-state index in [2.05, 4.69) is 18.7 Å². The van der Waals surface area contributed by atoms with Gasteiger partial charge in [0, 0.05) is 25.6 Å². The Morgan fingerprint density at radius 3 is 2.47 bits per heavy atom. The Kier molecular flexibility index (Phi) is 4.26. The summed E-state index contributed by atoms with van der Waals surface area (Å²) in [4.78, 5) is 2.39. The smallest absolute Gasteiger partial charge is 0.123 e. The first kappa shape index (κ1) is 14.5. The molecule has 0 aliphatic carbocycles. The van der Waals surface area contributed by atoms with Crippen molar-refractivity contribution in [3.8, 4) is 0 Å². The summed E-state index contributed by atoms with van der Waals surface area (Å²) in [5, 5.41) is 10.7.